The molecule has 1 atom stereocenters. The van der Waals surface area contributed by atoms with Crippen LogP contribution in [0.4, 0.5) is 8.78 Å². The number of halogens is 2. The minimum Gasteiger partial charge on any atom is -0.372 e. The summed E-state index contributed by atoms with van der Waals surface area (Å²) in [5.41, 5.74) is 2.08. The van der Waals surface area contributed by atoms with Gasteiger partial charge in [0.1, 0.15) is 17.7 Å². The van der Waals surface area contributed by atoms with Crippen LogP contribution in [0, 0.1) is 17.6 Å². The molecule has 1 unspecified atom stereocenters. The summed E-state index contributed by atoms with van der Waals surface area (Å²) in [7, 11) is 1.49. The van der Waals surface area contributed by atoms with Gasteiger partial charge in [-0.05, 0) is 60.8 Å². The molecule has 3 rings (SSSR count). The Morgan fingerprint density at radius 3 is 2.12 bits per heavy atom. The number of rotatable bonds is 6. The van der Waals surface area contributed by atoms with Crippen molar-refractivity contribution in [1.29, 1.82) is 0 Å². The standard InChI is InChI=1S/C23H28F2O/c1-3-5-16-8-10-17(11-9-16)18-12-14-19(15-13-18)23(26-2)22-20(24)6-4-7-21(22)25/h4,6-7,12-17,23H,3,5,8-11H2,1-2H3. The molecule has 1 saturated carbocycles. The van der Waals surface area contributed by atoms with Crippen LogP contribution in [-0.2, 0) is 4.74 Å². The van der Waals surface area contributed by atoms with Crippen molar-refractivity contribution in [3.05, 3.63) is 70.8 Å². The molecule has 1 aliphatic carbocycles. The quantitative estimate of drug-likeness (QED) is 0.553. The molecule has 2 aromatic carbocycles. The second-order valence-corrected chi connectivity index (χ2v) is 7.42. The smallest absolute Gasteiger partial charge is 0.132 e. The third-order valence-corrected chi connectivity index (χ3v) is 5.75. The van der Waals surface area contributed by atoms with E-state index in [0.29, 0.717) is 5.92 Å². The molecule has 0 N–H and O–H groups in total. The van der Waals surface area contributed by atoms with Gasteiger partial charge in [-0.2, -0.15) is 0 Å². The third-order valence-electron chi connectivity index (χ3n) is 5.75. The van der Waals surface area contributed by atoms with E-state index >= 15 is 0 Å². The molecule has 0 aliphatic heterocycles. The molecule has 0 spiro atoms. The number of hydrogen-bond donors (Lipinski definition) is 0. The van der Waals surface area contributed by atoms with Crippen molar-refractivity contribution < 1.29 is 13.5 Å². The first-order valence-corrected chi connectivity index (χ1v) is 9.70. The Morgan fingerprint density at radius 2 is 1.58 bits per heavy atom. The zero-order valence-corrected chi connectivity index (χ0v) is 15.7. The van der Waals surface area contributed by atoms with Crippen LogP contribution in [0.25, 0.3) is 0 Å². The molecule has 26 heavy (non-hydrogen) atoms. The van der Waals surface area contributed by atoms with E-state index in [-0.39, 0.29) is 5.56 Å². The fourth-order valence-corrected chi connectivity index (χ4v) is 4.32. The summed E-state index contributed by atoms with van der Waals surface area (Å²) in [5.74, 6) is 0.339. The fraction of sp³-hybridized carbons (Fsp3) is 0.478. The van der Waals surface area contributed by atoms with E-state index in [1.165, 1.54) is 69.4 Å². The van der Waals surface area contributed by atoms with Gasteiger partial charge in [-0.15, -0.1) is 0 Å². The predicted octanol–water partition coefficient (Wildman–Crippen LogP) is 6.77. The Bertz CT molecular complexity index is 682. The monoisotopic (exact) mass is 358 g/mol. The van der Waals surface area contributed by atoms with Gasteiger partial charge in [0.05, 0.1) is 5.56 Å². The van der Waals surface area contributed by atoms with Crippen LogP contribution in [0.3, 0.4) is 0 Å². The molecule has 2 aromatic rings. The number of hydrogen-bond acceptors (Lipinski definition) is 1. The van der Waals surface area contributed by atoms with Gasteiger partial charge in [0.25, 0.3) is 0 Å². The molecule has 0 aromatic heterocycles. The number of methoxy groups -OCH3 is 1. The molecule has 1 aliphatic rings. The molecule has 0 bridgehead atoms. The summed E-state index contributed by atoms with van der Waals surface area (Å²) in [5, 5.41) is 0. The maximum absolute atomic E-state index is 14.1. The topological polar surface area (TPSA) is 9.23 Å². The Hall–Kier alpha value is -1.74. The average Bonchev–Trinajstić information content (AvgIpc) is 2.66. The van der Waals surface area contributed by atoms with Crippen LogP contribution in [0.1, 0.15) is 74.2 Å². The highest BCUT2D eigenvalue weighted by Crippen LogP contribution is 2.38. The molecule has 0 saturated heterocycles. The minimum absolute atomic E-state index is 0.0252. The van der Waals surface area contributed by atoms with Gasteiger partial charge < -0.3 is 4.74 Å². The summed E-state index contributed by atoms with van der Waals surface area (Å²) >= 11 is 0. The van der Waals surface area contributed by atoms with Gasteiger partial charge >= 0.3 is 0 Å². The van der Waals surface area contributed by atoms with Crippen molar-refractivity contribution in [2.45, 2.75) is 57.5 Å². The fourth-order valence-electron chi connectivity index (χ4n) is 4.32. The highest BCUT2D eigenvalue weighted by atomic mass is 19.1. The summed E-state index contributed by atoms with van der Waals surface area (Å²) in [4.78, 5) is 0. The zero-order chi connectivity index (χ0) is 18.5. The molecule has 1 fully saturated rings. The van der Waals surface area contributed by atoms with Crippen molar-refractivity contribution in [3.63, 3.8) is 0 Å². The maximum Gasteiger partial charge on any atom is 0.132 e. The van der Waals surface area contributed by atoms with E-state index in [1.54, 1.807) is 0 Å². The van der Waals surface area contributed by atoms with E-state index in [1.807, 2.05) is 12.1 Å². The summed E-state index contributed by atoms with van der Waals surface area (Å²) in [6.45, 7) is 2.26. The molecule has 0 amide bonds. The van der Waals surface area contributed by atoms with E-state index < -0.39 is 17.7 Å². The summed E-state index contributed by atoms with van der Waals surface area (Å²) in [6, 6.07) is 12.0. The second kappa shape index (κ2) is 8.77. The first-order valence-electron chi connectivity index (χ1n) is 9.70. The van der Waals surface area contributed by atoms with Crippen molar-refractivity contribution >= 4 is 0 Å². The lowest BCUT2D eigenvalue weighted by molar-refractivity contribution is 0.129. The van der Waals surface area contributed by atoms with E-state index in [9.17, 15) is 8.78 Å². The lowest BCUT2D eigenvalue weighted by Crippen LogP contribution is -2.13. The van der Waals surface area contributed by atoms with Crippen molar-refractivity contribution in [1.82, 2.24) is 0 Å². The first kappa shape index (κ1) is 19.0. The normalized spacial score (nSPS) is 21.5. The van der Waals surface area contributed by atoms with Crippen molar-refractivity contribution in [2.75, 3.05) is 7.11 Å². The zero-order valence-electron chi connectivity index (χ0n) is 15.7. The van der Waals surface area contributed by atoms with Crippen molar-refractivity contribution in [3.8, 4) is 0 Å². The summed E-state index contributed by atoms with van der Waals surface area (Å²) in [6.07, 6.45) is 6.97. The highest BCUT2D eigenvalue weighted by Gasteiger charge is 2.24. The molecule has 1 nitrogen and oxygen atoms in total. The molecule has 3 heteroatoms. The Balaban J connectivity index is 1.74. The molecular weight excluding hydrogens is 330 g/mol. The van der Waals surface area contributed by atoms with Gasteiger partial charge in [-0.3, -0.25) is 0 Å². The van der Waals surface area contributed by atoms with Crippen LogP contribution in [0.2, 0.25) is 0 Å². The predicted molar refractivity (Wildman–Crippen MR) is 101 cm³/mol. The SMILES string of the molecule is CCCC1CCC(c2ccc(C(OC)c3c(F)cccc3F)cc2)CC1. The first-order chi connectivity index (χ1) is 12.6. The van der Waals surface area contributed by atoms with Crippen LogP contribution >= 0.6 is 0 Å². The Morgan fingerprint density at radius 1 is 0.962 bits per heavy atom. The summed E-state index contributed by atoms with van der Waals surface area (Å²) < 4.78 is 33.7. The van der Waals surface area contributed by atoms with Crippen LogP contribution in [0.5, 0.6) is 0 Å². The molecular formula is C23H28F2O. The van der Waals surface area contributed by atoms with E-state index in [2.05, 4.69) is 19.1 Å². The van der Waals surface area contributed by atoms with Crippen LogP contribution < -0.4 is 0 Å². The highest BCUT2D eigenvalue weighted by molar-refractivity contribution is 5.35. The second-order valence-electron chi connectivity index (χ2n) is 7.42. The number of ether oxygens (including phenoxy) is 1. The van der Waals surface area contributed by atoms with Gasteiger partial charge in [0.15, 0.2) is 0 Å². The lowest BCUT2D eigenvalue weighted by Gasteiger charge is -2.29. The Kier molecular flexibility index (Phi) is 6.42. The van der Waals surface area contributed by atoms with Crippen LogP contribution in [0.15, 0.2) is 42.5 Å². The van der Waals surface area contributed by atoms with E-state index in [4.69, 9.17) is 4.74 Å². The number of benzene rings is 2. The van der Waals surface area contributed by atoms with Gasteiger partial charge in [0.2, 0.25) is 0 Å². The lowest BCUT2D eigenvalue weighted by atomic mass is 9.77. The minimum atomic E-state index is -0.731. The van der Waals surface area contributed by atoms with Gasteiger partial charge in [-0.1, -0.05) is 50.1 Å². The van der Waals surface area contributed by atoms with Gasteiger partial charge in [0, 0.05) is 7.11 Å². The average molecular weight is 358 g/mol. The largest absolute Gasteiger partial charge is 0.372 e. The Labute approximate surface area is 155 Å². The molecule has 0 heterocycles. The third kappa shape index (κ3) is 4.15. The van der Waals surface area contributed by atoms with Gasteiger partial charge in [-0.25, -0.2) is 8.78 Å². The molecule has 140 valence electrons. The van der Waals surface area contributed by atoms with Crippen molar-refractivity contribution in [2.24, 2.45) is 5.92 Å². The maximum atomic E-state index is 14.1. The molecule has 0 radical (unpaired) electrons. The van der Waals surface area contributed by atoms with E-state index in [0.717, 1.165) is 11.5 Å². The van der Waals surface area contributed by atoms with Crippen LogP contribution in [-0.4, -0.2) is 7.11 Å².